The number of benzene rings is 2. The van der Waals surface area contributed by atoms with Crippen molar-refractivity contribution in [2.45, 2.75) is 71.5 Å². The van der Waals surface area contributed by atoms with E-state index in [4.69, 9.17) is 22.1 Å². The number of aromatic nitrogens is 5. The highest BCUT2D eigenvalue weighted by Gasteiger charge is 2.40. The molecule has 0 unspecified atom stereocenters. The van der Waals surface area contributed by atoms with E-state index in [2.05, 4.69) is 25.5 Å². The molecule has 272 valence electrons. The smallest absolute Gasteiger partial charge is 0.407 e. The molecule has 4 aromatic rings. The van der Waals surface area contributed by atoms with Crippen molar-refractivity contribution in [3.63, 3.8) is 0 Å². The second kappa shape index (κ2) is 15.1. The van der Waals surface area contributed by atoms with Gasteiger partial charge in [0.05, 0.1) is 22.9 Å². The Kier molecular flexibility index (Phi) is 11.0. The zero-order valence-corrected chi connectivity index (χ0v) is 29.1. The first-order chi connectivity index (χ1) is 24.0. The Bertz CT molecular complexity index is 1890. The van der Waals surface area contributed by atoms with Gasteiger partial charge in [-0.25, -0.2) is 27.9 Å². The lowest BCUT2D eigenvalue weighted by Crippen LogP contribution is -2.47. The van der Waals surface area contributed by atoms with E-state index in [1.165, 1.54) is 41.6 Å². The maximum absolute atomic E-state index is 14.5. The number of aliphatic imine (C=N–C) groups is 1. The first-order valence-electron chi connectivity index (χ1n) is 16.0. The number of halogens is 5. The highest BCUT2D eigenvalue weighted by atomic mass is 35.5. The molecular formula is C34H38ClF4N9O3. The number of nitrogens with two attached hydrogens (primary N) is 1. The summed E-state index contributed by atoms with van der Waals surface area (Å²) < 4.78 is 61.0. The van der Waals surface area contributed by atoms with Crippen LogP contribution in [0.1, 0.15) is 87.7 Å². The summed E-state index contributed by atoms with van der Waals surface area (Å²) in [6, 6.07) is 9.38. The van der Waals surface area contributed by atoms with Gasteiger partial charge in [-0.3, -0.25) is 14.7 Å². The Morgan fingerprint density at radius 1 is 1.10 bits per heavy atom. The maximum atomic E-state index is 14.5. The molecule has 2 amide bonds. The van der Waals surface area contributed by atoms with Crippen molar-refractivity contribution in [1.29, 1.82) is 0 Å². The summed E-state index contributed by atoms with van der Waals surface area (Å²) in [6.07, 6.45) is 1.88. The van der Waals surface area contributed by atoms with Crippen molar-refractivity contribution in [3.8, 4) is 16.8 Å². The second-order valence-corrected chi connectivity index (χ2v) is 14.0. The van der Waals surface area contributed by atoms with Crippen LogP contribution in [0.4, 0.5) is 22.4 Å². The molecule has 0 aliphatic heterocycles. The molecule has 0 radical (unpaired) electrons. The lowest BCUT2D eigenvalue weighted by Gasteiger charge is -2.32. The number of hydrogen-bond acceptors (Lipinski definition) is 7. The highest BCUT2D eigenvalue weighted by molar-refractivity contribution is 6.32. The van der Waals surface area contributed by atoms with Crippen LogP contribution in [-0.4, -0.2) is 66.1 Å². The van der Waals surface area contributed by atoms with Gasteiger partial charge in [0.25, 0.3) is 12.3 Å². The summed E-state index contributed by atoms with van der Waals surface area (Å²) in [5.74, 6) is -1.50. The molecule has 1 saturated carbocycles. The van der Waals surface area contributed by atoms with Gasteiger partial charge in [-0.2, -0.15) is 19.0 Å². The Balaban J connectivity index is 1.57. The number of ether oxygens (including phenoxy) is 1. The van der Waals surface area contributed by atoms with E-state index >= 15 is 0 Å². The molecule has 2 aromatic carbocycles. The van der Waals surface area contributed by atoms with Gasteiger partial charge < -0.3 is 15.8 Å². The number of nitrogens with one attached hydrogen (secondary N) is 1. The predicted molar refractivity (Wildman–Crippen MR) is 182 cm³/mol. The molecule has 0 bridgehead atoms. The van der Waals surface area contributed by atoms with Gasteiger partial charge in [-0.1, -0.05) is 50.6 Å². The molecular weight excluding hydrogens is 694 g/mol. The number of hydrogen-bond donors (Lipinski definition) is 2. The van der Waals surface area contributed by atoms with Crippen LogP contribution in [-0.2, 0) is 4.74 Å². The summed E-state index contributed by atoms with van der Waals surface area (Å²) >= 11 is 6.47. The minimum atomic E-state index is -2.98. The number of carbonyl (C=O) groups is 2. The predicted octanol–water partition coefficient (Wildman–Crippen LogP) is 7.33. The van der Waals surface area contributed by atoms with Crippen LogP contribution in [0.2, 0.25) is 5.02 Å². The number of alkyl carbamates (subject to hydrolysis) is 1. The lowest BCUT2D eigenvalue weighted by atomic mass is 9.92. The van der Waals surface area contributed by atoms with E-state index in [9.17, 15) is 27.2 Å². The molecule has 12 nitrogen and oxygen atoms in total. The third-order valence-electron chi connectivity index (χ3n) is 8.31. The number of nitrogens with zero attached hydrogens (tertiary/aromatic N) is 7. The maximum Gasteiger partial charge on any atom is 0.407 e. The van der Waals surface area contributed by atoms with E-state index < -0.39 is 49.0 Å². The molecule has 1 aliphatic carbocycles. The number of carbonyl (C=O) groups excluding carboxylic acids is 2. The van der Waals surface area contributed by atoms with Crippen molar-refractivity contribution in [2.75, 3.05) is 13.2 Å². The Morgan fingerprint density at radius 3 is 2.41 bits per heavy atom. The van der Waals surface area contributed by atoms with Crippen molar-refractivity contribution < 1.29 is 31.9 Å². The fourth-order valence-corrected chi connectivity index (χ4v) is 5.28. The van der Waals surface area contributed by atoms with Gasteiger partial charge in [0.2, 0.25) is 0 Å². The zero-order chi connectivity index (χ0) is 37.1. The van der Waals surface area contributed by atoms with Gasteiger partial charge in [0.15, 0.2) is 11.8 Å². The van der Waals surface area contributed by atoms with Crippen LogP contribution in [0.25, 0.3) is 16.8 Å². The summed E-state index contributed by atoms with van der Waals surface area (Å²) in [5.41, 5.74) is 7.46. The Morgan fingerprint density at radius 2 is 1.80 bits per heavy atom. The molecule has 51 heavy (non-hydrogen) atoms. The molecule has 2 aromatic heterocycles. The standard InChI is InChI=1S/C34H38ClF4N9O3/c1-33(2,3)13-14-41-31(40)47(29(49)21-7-5-20(6-8-21)23-16-43-46(17-23)30(38)39)26(18-51-32(50)45-34(4)11-12-34)22-9-10-24(35)25(15-22)48-28(27(36)37)42-19-44-48/h5-10,15-17,19,26-27,30H,11-14,18H2,1-4H3,(H2,40,41)(H,45,50)/t26-/m1/s1. The quantitative estimate of drug-likeness (QED) is 0.0882. The van der Waals surface area contributed by atoms with Crippen molar-refractivity contribution in [2.24, 2.45) is 16.1 Å². The van der Waals surface area contributed by atoms with Gasteiger partial charge in [0.1, 0.15) is 12.9 Å². The zero-order valence-electron chi connectivity index (χ0n) is 28.4. The van der Waals surface area contributed by atoms with Crippen LogP contribution in [0, 0.1) is 5.41 Å². The van der Waals surface area contributed by atoms with Gasteiger partial charge in [-0.05, 0) is 67.0 Å². The van der Waals surface area contributed by atoms with E-state index in [1.807, 2.05) is 27.7 Å². The number of amides is 2. The van der Waals surface area contributed by atoms with Gasteiger partial charge in [0, 0.05) is 29.4 Å². The average molecular weight is 732 g/mol. The van der Waals surface area contributed by atoms with Crippen LogP contribution in [0.15, 0.2) is 66.2 Å². The molecule has 1 aliphatic rings. The summed E-state index contributed by atoms with van der Waals surface area (Å²) in [6.45, 7) is 4.95. The molecule has 2 heterocycles. The van der Waals surface area contributed by atoms with Crippen molar-refractivity contribution >= 4 is 29.6 Å². The molecule has 17 heteroatoms. The molecule has 1 fully saturated rings. The topological polar surface area (TPSA) is 146 Å². The SMILES string of the molecule is CC(C)(C)CCN=C(N)N(C(=O)c1ccc(-c2cnn(C(F)F)c2)cc1)[C@H](COC(=O)NC1(C)CC1)c1ccc(Cl)c(-n2ncnc2C(F)F)c1. The molecule has 5 rings (SSSR count). The summed E-state index contributed by atoms with van der Waals surface area (Å²) in [5, 5.41) is 10.5. The van der Waals surface area contributed by atoms with Crippen LogP contribution in [0.3, 0.4) is 0 Å². The van der Waals surface area contributed by atoms with Gasteiger partial charge >= 0.3 is 12.6 Å². The van der Waals surface area contributed by atoms with Gasteiger partial charge in [-0.15, -0.1) is 0 Å². The summed E-state index contributed by atoms with van der Waals surface area (Å²) in [7, 11) is 0. The van der Waals surface area contributed by atoms with Crippen LogP contribution < -0.4 is 11.1 Å². The minimum absolute atomic E-state index is 0.0336. The number of rotatable bonds is 12. The van der Waals surface area contributed by atoms with Crippen molar-refractivity contribution in [1.82, 2.24) is 34.8 Å². The first kappa shape index (κ1) is 37.3. The van der Waals surface area contributed by atoms with Crippen LogP contribution in [0.5, 0.6) is 0 Å². The Hall–Kier alpha value is -4.99. The lowest BCUT2D eigenvalue weighted by molar-refractivity contribution is 0.0566. The molecule has 0 saturated heterocycles. The van der Waals surface area contributed by atoms with Crippen LogP contribution >= 0.6 is 11.6 Å². The third kappa shape index (κ3) is 9.22. The Labute approximate surface area is 296 Å². The largest absolute Gasteiger partial charge is 0.447 e. The fourth-order valence-electron chi connectivity index (χ4n) is 5.08. The number of alkyl halides is 4. The normalized spacial score (nSPS) is 14.8. The first-order valence-corrected chi connectivity index (χ1v) is 16.4. The molecule has 0 spiro atoms. The molecule has 3 N–H and O–H groups in total. The molecule has 1 atom stereocenters. The summed E-state index contributed by atoms with van der Waals surface area (Å²) in [4.78, 5) is 36.7. The van der Waals surface area contributed by atoms with E-state index in [0.29, 0.717) is 27.8 Å². The second-order valence-electron chi connectivity index (χ2n) is 13.6. The van der Waals surface area contributed by atoms with E-state index in [1.54, 1.807) is 18.2 Å². The van der Waals surface area contributed by atoms with E-state index in [-0.39, 0.29) is 34.2 Å². The average Bonchev–Trinajstić information content (AvgIpc) is 3.44. The minimum Gasteiger partial charge on any atom is -0.447 e. The van der Waals surface area contributed by atoms with Crippen molar-refractivity contribution in [3.05, 3.63) is 83.2 Å². The third-order valence-corrected chi connectivity index (χ3v) is 8.63. The van der Waals surface area contributed by atoms with E-state index in [0.717, 1.165) is 23.9 Å². The fraction of sp³-hybridized carbons (Fsp3) is 0.412. The monoisotopic (exact) mass is 731 g/mol. The highest BCUT2D eigenvalue weighted by Crippen LogP contribution is 2.35. The number of guanidine groups is 1.